The molecule has 142 valence electrons. The predicted octanol–water partition coefficient (Wildman–Crippen LogP) is 2.28. The van der Waals surface area contributed by atoms with E-state index in [0.717, 1.165) is 37.4 Å². The van der Waals surface area contributed by atoms with E-state index < -0.39 is 0 Å². The van der Waals surface area contributed by atoms with Crippen LogP contribution in [0.1, 0.15) is 24.8 Å². The van der Waals surface area contributed by atoms with Crippen LogP contribution in [0.5, 0.6) is 0 Å². The lowest BCUT2D eigenvalue weighted by molar-refractivity contribution is 0.186. The lowest BCUT2D eigenvalue weighted by atomic mass is 10.1. The van der Waals surface area contributed by atoms with Gasteiger partial charge in [-0.05, 0) is 24.8 Å². The quantitative estimate of drug-likeness (QED) is 0.669. The molecule has 7 heteroatoms. The minimum absolute atomic E-state index is 0.0660. The van der Waals surface area contributed by atoms with Gasteiger partial charge in [-0.15, -0.1) is 0 Å². The summed E-state index contributed by atoms with van der Waals surface area (Å²) in [7, 11) is 1.63. The van der Waals surface area contributed by atoms with Crippen LogP contribution >= 0.6 is 0 Å². The molecule has 0 spiro atoms. The van der Waals surface area contributed by atoms with Gasteiger partial charge in [0, 0.05) is 20.2 Å². The van der Waals surface area contributed by atoms with E-state index in [0.29, 0.717) is 30.9 Å². The summed E-state index contributed by atoms with van der Waals surface area (Å²) in [6.45, 7) is 3.49. The summed E-state index contributed by atoms with van der Waals surface area (Å²) in [5, 5.41) is 0. The maximum atomic E-state index is 13.1. The van der Waals surface area contributed by atoms with E-state index in [4.69, 9.17) is 9.72 Å². The highest BCUT2D eigenvalue weighted by Gasteiger charge is 2.22. The summed E-state index contributed by atoms with van der Waals surface area (Å²) in [5.41, 5.74) is 2.16. The van der Waals surface area contributed by atoms with Crippen LogP contribution in [0.25, 0.3) is 11.2 Å². The molecule has 0 unspecified atom stereocenters. The predicted molar refractivity (Wildman–Crippen MR) is 105 cm³/mol. The van der Waals surface area contributed by atoms with Crippen molar-refractivity contribution in [2.45, 2.75) is 32.4 Å². The zero-order valence-corrected chi connectivity index (χ0v) is 15.7. The second-order valence-electron chi connectivity index (χ2n) is 6.94. The van der Waals surface area contributed by atoms with E-state index in [1.54, 1.807) is 18.0 Å². The summed E-state index contributed by atoms with van der Waals surface area (Å²) in [5.74, 6) is 0.850. The molecule has 27 heavy (non-hydrogen) atoms. The molecule has 0 saturated carbocycles. The van der Waals surface area contributed by atoms with E-state index in [-0.39, 0.29) is 5.56 Å². The highest BCUT2D eigenvalue weighted by atomic mass is 16.5. The summed E-state index contributed by atoms with van der Waals surface area (Å²) in [4.78, 5) is 24.6. The SMILES string of the molecule is COCCn1cnc2nc(N3CCCCC3)n(Cc3ccccc3)c2c1=O. The molecule has 7 nitrogen and oxygen atoms in total. The number of aromatic nitrogens is 4. The first-order valence-electron chi connectivity index (χ1n) is 9.51. The average Bonchev–Trinajstić information content (AvgIpc) is 3.08. The Labute approximate surface area is 158 Å². The number of fused-ring (bicyclic) bond motifs is 1. The number of anilines is 1. The fourth-order valence-electron chi connectivity index (χ4n) is 3.64. The summed E-state index contributed by atoms with van der Waals surface area (Å²) in [6.07, 6.45) is 5.13. The summed E-state index contributed by atoms with van der Waals surface area (Å²) >= 11 is 0. The highest BCUT2D eigenvalue weighted by molar-refractivity contribution is 5.74. The van der Waals surface area contributed by atoms with Gasteiger partial charge in [0.1, 0.15) is 6.33 Å². The number of benzene rings is 1. The molecule has 1 fully saturated rings. The molecule has 3 aromatic rings. The molecule has 1 aromatic carbocycles. The van der Waals surface area contributed by atoms with Gasteiger partial charge in [-0.3, -0.25) is 13.9 Å². The number of hydrogen-bond acceptors (Lipinski definition) is 5. The first kappa shape index (κ1) is 17.7. The molecule has 2 aromatic heterocycles. The van der Waals surface area contributed by atoms with Gasteiger partial charge in [-0.25, -0.2) is 4.98 Å². The monoisotopic (exact) mass is 367 g/mol. The third-order valence-electron chi connectivity index (χ3n) is 5.07. The molecule has 1 aliphatic heterocycles. The average molecular weight is 367 g/mol. The van der Waals surface area contributed by atoms with Gasteiger partial charge in [0.05, 0.1) is 19.7 Å². The smallest absolute Gasteiger partial charge is 0.279 e. The Bertz CT molecular complexity index is 958. The maximum absolute atomic E-state index is 13.1. The van der Waals surface area contributed by atoms with Gasteiger partial charge in [0.2, 0.25) is 5.95 Å². The number of nitrogens with zero attached hydrogens (tertiary/aromatic N) is 5. The van der Waals surface area contributed by atoms with Crippen LogP contribution in [0.4, 0.5) is 5.95 Å². The minimum Gasteiger partial charge on any atom is -0.383 e. The van der Waals surface area contributed by atoms with Crippen LogP contribution in [0.2, 0.25) is 0 Å². The van der Waals surface area contributed by atoms with Crippen molar-refractivity contribution >= 4 is 17.1 Å². The zero-order valence-electron chi connectivity index (χ0n) is 15.7. The third kappa shape index (κ3) is 3.60. The third-order valence-corrected chi connectivity index (χ3v) is 5.07. The first-order valence-corrected chi connectivity index (χ1v) is 9.51. The van der Waals surface area contributed by atoms with E-state index in [2.05, 4.69) is 22.0 Å². The molecule has 0 N–H and O–H groups in total. The van der Waals surface area contributed by atoms with Gasteiger partial charge >= 0.3 is 0 Å². The van der Waals surface area contributed by atoms with Crippen molar-refractivity contribution in [2.24, 2.45) is 0 Å². The molecule has 0 radical (unpaired) electrons. The van der Waals surface area contributed by atoms with Crippen molar-refractivity contribution in [2.75, 3.05) is 31.7 Å². The lowest BCUT2D eigenvalue weighted by Gasteiger charge is -2.28. The van der Waals surface area contributed by atoms with Gasteiger partial charge < -0.3 is 9.64 Å². The Morgan fingerprint density at radius 1 is 1.11 bits per heavy atom. The maximum Gasteiger partial charge on any atom is 0.279 e. The largest absolute Gasteiger partial charge is 0.383 e. The molecule has 0 bridgehead atoms. The molecule has 3 heterocycles. The van der Waals surface area contributed by atoms with E-state index in [1.165, 1.54) is 6.42 Å². The number of imidazole rings is 1. The molecule has 1 saturated heterocycles. The van der Waals surface area contributed by atoms with Gasteiger partial charge in [-0.2, -0.15) is 4.98 Å². The van der Waals surface area contributed by atoms with Crippen molar-refractivity contribution < 1.29 is 4.74 Å². The molecular formula is C20H25N5O2. The second kappa shape index (κ2) is 7.92. The van der Waals surface area contributed by atoms with Crippen LogP contribution < -0.4 is 10.5 Å². The van der Waals surface area contributed by atoms with Crippen LogP contribution in [-0.2, 0) is 17.8 Å². The van der Waals surface area contributed by atoms with Crippen molar-refractivity contribution in [3.05, 3.63) is 52.6 Å². The van der Waals surface area contributed by atoms with E-state index in [1.807, 2.05) is 22.8 Å². The Kier molecular flexibility index (Phi) is 5.20. The molecular weight excluding hydrogens is 342 g/mol. The standard InChI is InChI=1S/C20H25N5O2/c1-27-13-12-24-15-21-18-17(19(24)26)25(14-16-8-4-2-5-9-16)20(22-18)23-10-6-3-7-11-23/h2,4-5,8-9,15H,3,6-7,10-14H2,1H3. The van der Waals surface area contributed by atoms with E-state index in [9.17, 15) is 4.79 Å². The number of rotatable bonds is 6. The van der Waals surface area contributed by atoms with Gasteiger partial charge in [-0.1, -0.05) is 30.3 Å². The summed E-state index contributed by atoms with van der Waals surface area (Å²) in [6, 6.07) is 10.2. The normalized spacial score (nSPS) is 14.8. The number of methoxy groups -OCH3 is 1. The highest BCUT2D eigenvalue weighted by Crippen LogP contribution is 2.24. The fourth-order valence-corrected chi connectivity index (χ4v) is 3.64. The Morgan fingerprint density at radius 3 is 2.63 bits per heavy atom. The van der Waals surface area contributed by atoms with Crippen molar-refractivity contribution in [1.82, 2.24) is 19.1 Å². The van der Waals surface area contributed by atoms with Crippen LogP contribution in [0, 0.1) is 0 Å². The lowest BCUT2D eigenvalue weighted by Crippen LogP contribution is -2.32. The molecule has 1 aliphatic rings. The minimum atomic E-state index is -0.0660. The van der Waals surface area contributed by atoms with Gasteiger partial charge in [0.25, 0.3) is 5.56 Å². The van der Waals surface area contributed by atoms with Crippen molar-refractivity contribution in [3.63, 3.8) is 0 Å². The Balaban J connectivity index is 1.84. The van der Waals surface area contributed by atoms with Crippen LogP contribution in [0.3, 0.4) is 0 Å². The Hall–Kier alpha value is -2.67. The molecule has 0 aliphatic carbocycles. The summed E-state index contributed by atoms with van der Waals surface area (Å²) < 4.78 is 8.76. The first-order chi connectivity index (χ1) is 13.3. The second-order valence-corrected chi connectivity index (χ2v) is 6.94. The molecule has 0 atom stereocenters. The van der Waals surface area contributed by atoms with Gasteiger partial charge in [0.15, 0.2) is 11.2 Å². The fraction of sp³-hybridized carbons (Fsp3) is 0.450. The van der Waals surface area contributed by atoms with Crippen molar-refractivity contribution in [1.29, 1.82) is 0 Å². The van der Waals surface area contributed by atoms with E-state index >= 15 is 0 Å². The molecule has 0 amide bonds. The topological polar surface area (TPSA) is 65.2 Å². The number of hydrogen-bond donors (Lipinski definition) is 0. The van der Waals surface area contributed by atoms with Crippen molar-refractivity contribution in [3.8, 4) is 0 Å². The Morgan fingerprint density at radius 2 is 1.89 bits per heavy atom. The van der Waals surface area contributed by atoms with Crippen LogP contribution in [0.15, 0.2) is 41.5 Å². The number of piperidine rings is 1. The molecule has 4 rings (SSSR count). The number of ether oxygens (including phenoxy) is 1. The van der Waals surface area contributed by atoms with Crippen LogP contribution in [-0.4, -0.2) is 45.9 Å². The zero-order chi connectivity index (χ0) is 18.6.